The highest BCUT2D eigenvalue weighted by Crippen LogP contribution is 2.23. The molecule has 1 aromatic heterocycles. The van der Waals surface area contributed by atoms with E-state index >= 15 is 0 Å². The van der Waals surface area contributed by atoms with E-state index in [-0.39, 0.29) is 44.4 Å². The number of carbonyl (C=O) groups excluding carboxylic acids is 2. The Morgan fingerprint density at radius 3 is 2.33 bits per heavy atom. The summed E-state index contributed by atoms with van der Waals surface area (Å²) in [6.07, 6.45) is 0.659. The minimum Gasteiger partial charge on any atom is -0.352 e. The van der Waals surface area contributed by atoms with Crippen molar-refractivity contribution in [1.82, 2.24) is 14.5 Å². The molecule has 1 aliphatic heterocycles. The molecule has 0 spiro atoms. The van der Waals surface area contributed by atoms with E-state index in [1.54, 1.807) is 16.8 Å². The Labute approximate surface area is 177 Å². The summed E-state index contributed by atoms with van der Waals surface area (Å²) >= 11 is 1.42. The third kappa shape index (κ3) is 5.02. The largest absolute Gasteiger partial charge is 0.352 e. The van der Waals surface area contributed by atoms with Crippen molar-refractivity contribution in [1.29, 1.82) is 0 Å². The Balaban J connectivity index is 1.47. The van der Waals surface area contributed by atoms with E-state index in [0.29, 0.717) is 18.5 Å². The van der Waals surface area contributed by atoms with Crippen LogP contribution in [0.5, 0.6) is 0 Å². The fraction of sp³-hybridized carbons (Fsp3) is 0.368. The molecule has 0 unspecified atom stereocenters. The van der Waals surface area contributed by atoms with Gasteiger partial charge in [0.2, 0.25) is 15.9 Å². The SMILES string of the molecule is O=C(NCCCC(=O)N1CCN(S(=O)(=O)c2c(F)cccc2F)CC1)c1ccsc1. The number of rotatable bonds is 7. The van der Waals surface area contributed by atoms with Crippen molar-refractivity contribution in [3.63, 3.8) is 0 Å². The summed E-state index contributed by atoms with van der Waals surface area (Å²) in [7, 11) is -4.33. The highest BCUT2D eigenvalue weighted by atomic mass is 32.2. The molecule has 7 nitrogen and oxygen atoms in total. The fourth-order valence-corrected chi connectivity index (χ4v) is 5.30. The second kappa shape index (κ2) is 9.63. The Kier molecular flexibility index (Phi) is 7.16. The summed E-state index contributed by atoms with van der Waals surface area (Å²) in [5.74, 6) is -2.63. The van der Waals surface area contributed by atoms with E-state index in [1.807, 2.05) is 0 Å². The second-order valence-electron chi connectivity index (χ2n) is 6.71. The van der Waals surface area contributed by atoms with Gasteiger partial charge in [0.1, 0.15) is 11.6 Å². The lowest BCUT2D eigenvalue weighted by molar-refractivity contribution is -0.132. The molecule has 2 heterocycles. The van der Waals surface area contributed by atoms with E-state index in [9.17, 15) is 26.8 Å². The zero-order valence-corrected chi connectivity index (χ0v) is 17.6. The normalized spacial score (nSPS) is 15.2. The van der Waals surface area contributed by atoms with E-state index in [0.717, 1.165) is 22.5 Å². The maximum absolute atomic E-state index is 13.9. The Morgan fingerprint density at radius 1 is 1.07 bits per heavy atom. The van der Waals surface area contributed by atoms with Crippen LogP contribution in [0.3, 0.4) is 0 Å². The first-order valence-electron chi connectivity index (χ1n) is 9.33. The number of halogens is 2. The standard InChI is InChI=1S/C19H21F2N3O4S2/c20-15-3-1-4-16(21)18(15)30(27,28)24-10-8-23(9-11-24)17(25)5-2-7-22-19(26)14-6-12-29-13-14/h1,3-4,6,12-13H,2,5,7-11H2,(H,22,26). The molecular weight excluding hydrogens is 436 g/mol. The zero-order chi connectivity index (χ0) is 21.7. The van der Waals surface area contributed by atoms with Crippen LogP contribution >= 0.6 is 11.3 Å². The highest BCUT2D eigenvalue weighted by molar-refractivity contribution is 7.89. The number of thiophene rings is 1. The number of sulfonamides is 1. The molecular formula is C19H21F2N3O4S2. The average molecular weight is 458 g/mol. The van der Waals surface area contributed by atoms with Crippen LogP contribution in [0.15, 0.2) is 39.9 Å². The summed E-state index contributed by atoms with van der Waals surface area (Å²) < 4.78 is 53.9. The molecule has 2 aromatic rings. The van der Waals surface area contributed by atoms with Crippen LogP contribution in [0, 0.1) is 11.6 Å². The Hall–Kier alpha value is -2.37. The molecule has 0 aliphatic carbocycles. The number of hydrogen-bond donors (Lipinski definition) is 1. The monoisotopic (exact) mass is 457 g/mol. The van der Waals surface area contributed by atoms with Crippen LogP contribution < -0.4 is 5.32 Å². The fourth-order valence-electron chi connectivity index (χ4n) is 3.13. The van der Waals surface area contributed by atoms with Gasteiger partial charge in [-0.1, -0.05) is 6.07 Å². The Bertz CT molecular complexity index is 985. The van der Waals surface area contributed by atoms with Crippen molar-refractivity contribution in [2.75, 3.05) is 32.7 Å². The number of carbonyl (C=O) groups is 2. The first-order valence-corrected chi connectivity index (χ1v) is 11.7. The van der Waals surface area contributed by atoms with Gasteiger partial charge in [0.15, 0.2) is 4.90 Å². The number of hydrogen-bond acceptors (Lipinski definition) is 5. The lowest BCUT2D eigenvalue weighted by Gasteiger charge is -2.34. The lowest BCUT2D eigenvalue weighted by Crippen LogP contribution is -2.50. The number of benzene rings is 1. The molecule has 2 amide bonds. The third-order valence-electron chi connectivity index (χ3n) is 4.74. The van der Waals surface area contributed by atoms with Gasteiger partial charge in [0.05, 0.1) is 0 Å². The molecule has 1 aromatic carbocycles. The maximum Gasteiger partial charge on any atom is 0.252 e. The molecule has 11 heteroatoms. The summed E-state index contributed by atoms with van der Waals surface area (Å²) in [4.78, 5) is 24.7. The zero-order valence-electron chi connectivity index (χ0n) is 16.0. The molecule has 1 saturated heterocycles. The molecule has 0 atom stereocenters. The van der Waals surface area contributed by atoms with Crippen molar-refractivity contribution in [3.8, 4) is 0 Å². The minimum absolute atomic E-state index is 0.0449. The number of amides is 2. The van der Waals surface area contributed by atoms with Crippen molar-refractivity contribution in [2.45, 2.75) is 17.7 Å². The topological polar surface area (TPSA) is 86.8 Å². The van der Waals surface area contributed by atoms with Gasteiger partial charge in [0, 0.05) is 50.1 Å². The molecule has 1 aliphatic rings. The molecule has 3 rings (SSSR count). The van der Waals surface area contributed by atoms with Crippen molar-refractivity contribution in [3.05, 3.63) is 52.2 Å². The number of nitrogens with one attached hydrogen (secondary N) is 1. The lowest BCUT2D eigenvalue weighted by atomic mass is 10.2. The third-order valence-corrected chi connectivity index (χ3v) is 7.38. The van der Waals surface area contributed by atoms with E-state index in [4.69, 9.17) is 0 Å². The van der Waals surface area contributed by atoms with Gasteiger partial charge in [-0.2, -0.15) is 15.6 Å². The second-order valence-corrected chi connectivity index (χ2v) is 9.36. The quantitative estimate of drug-likeness (QED) is 0.645. The number of piperazine rings is 1. The summed E-state index contributed by atoms with van der Waals surface area (Å²) in [6.45, 7) is 0.527. The van der Waals surface area contributed by atoms with E-state index in [2.05, 4.69) is 5.32 Å². The first kappa shape index (κ1) is 22.3. The van der Waals surface area contributed by atoms with Crippen LogP contribution in [-0.4, -0.2) is 62.2 Å². The Morgan fingerprint density at radius 2 is 1.73 bits per heavy atom. The molecule has 0 saturated carbocycles. The summed E-state index contributed by atoms with van der Waals surface area (Å²) in [5, 5.41) is 6.28. The van der Waals surface area contributed by atoms with Gasteiger partial charge >= 0.3 is 0 Å². The molecule has 162 valence electrons. The van der Waals surface area contributed by atoms with Crippen LogP contribution in [0.4, 0.5) is 8.78 Å². The van der Waals surface area contributed by atoms with E-state index in [1.165, 1.54) is 16.2 Å². The molecule has 0 bridgehead atoms. The average Bonchev–Trinajstić information content (AvgIpc) is 3.26. The van der Waals surface area contributed by atoms with Crippen molar-refractivity contribution >= 4 is 33.2 Å². The van der Waals surface area contributed by atoms with Crippen LogP contribution in [-0.2, 0) is 14.8 Å². The van der Waals surface area contributed by atoms with Gasteiger partial charge in [-0.25, -0.2) is 17.2 Å². The first-order chi connectivity index (χ1) is 14.3. The van der Waals surface area contributed by atoms with Crippen molar-refractivity contribution in [2.24, 2.45) is 0 Å². The molecule has 0 radical (unpaired) electrons. The molecule has 1 N–H and O–H groups in total. The van der Waals surface area contributed by atoms with Crippen LogP contribution in [0.1, 0.15) is 23.2 Å². The summed E-state index contributed by atoms with van der Waals surface area (Å²) in [6, 6.07) is 4.61. The molecule has 30 heavy (non-hydrogen) atoms. The smallest absolute Gasteiger partial charge is 0.252 e. The maximum atomic E-state index is 13.9. The minimum atomic E-state index is -4.33. The predicted molar refractivity (Wildman–Crippen MR) is 108 cm³/mol. The van der Waals surface area contributed by atoms with Gasteiger partial charge in [0.25, 0.3) is 5.91 Å². The van der Waals surface area contributed by atoms with Gasteiger partial charge in [-0.3, -0.25) is 9.59 Å². The van der Waals surface area contributed by atoms with Crippen LogP contribution in [0.2, 0.25) is 0 Å². The van der Waals surface area contributed by atoms with Crippen LogP contribution in [0.25, 0.3) is 0 Å². The van der Waals surface area contributed by atoms with E-state index < -0.39 is 26.6 Å². The highest BCUT2D eigenvalue weighted by Gasteiger charge is 2.33. The van der Waals surface area contributed by atoms with Gasteiger partial charge in [-0.05, 0) is 30.0 Å². The summed E-state index contributed by atoms with van der Waals surface area (Å²) in [5.41, 5.74) is 0.579. The van der Waals surface area contributed by atoms with Gasteiger partial charge in [-0.15, -0.1) is 0 Å². The predicted octanol–water partition coefficient (Wildman–Crippen LogP) is 2.07. The van der Waals surface area contributed by atoms with Gasteiger partial charge < -0.3 is 10.2 Å². The number of nitrogens with zero attached hydrogens (tertiary/aromatic N) is 2. The molecule has 1 fully saturated rings. The van der Waals surface area contributed by atoms with Crippen molar-refractivity contribution < 1.29 is 26.8 Å².